The molecule has 3 rings (SSSR count). The summed E-state index contributed by atoms with van der Waals surface area (Å²) in [6.45, 7) is 4.74. The molecule has 2 amide bonds. The van der Waals surface area contributed by atoms with Crippen LogP contribution in [0.15, 0.2) is 54.6 Å². The van der Waals surface area contributed by atoms with E-state index in [9.17, 15) is 19.5 Å². The number of benzene rings is 2. The minimum atomic E-state index is -0.897. The van der Waals surface area contributed by atoms with Crippen molar-refractivity contribution in [2.24, 2.45) is 17.8 Å². The van der Waals surface area contributed by atoms with E-state index in [2.05, 4.69) is 24.5 Å². The van der Waals surface area contributed by atoms with Crippen LogP contribution >= 0.6 is 0 Å². The third kappa shape index (κ3) is 7.44. The highest BCUT2D eigenvalue weighted by Gasteiger charge is 2.32. The van der Waals surface area contributed by atoms with Crippen LogP contribution in [-0.4, -0.2) is 35.3 Å². The van der Waals surface area contributed by atoms with Gasteiger partial charge in [0.2, 0.25) is 11.7 Å². The van der Waals surface area contributed by atoms with Gasteiger partial charge in [-0.15, -0.1) is 0 Å². The van der Waals surface area contributed by atoms with Gasteiger partial charge < -0.3 is 15.7 Å². The zero-order valence-corrected chi connectivity index (χ0v) is 20.1. The van der Waals surface area contributed by atoms with Gasteiger partial charge in [0.05, 0.1) is 0 Å². The zero-order chi connectivity index (χ0) is 24.5. The standard InChI is InChI=1S/C28H36N2O4/c1-19(2)22-10-12-23(13-11-22)27(33)30-25(18-21-6-4-3-5-7-21)26(32)28(34)29-17-16-20-8-14-24(31)15-9-20/h3-9,14-15,19,22-23,25,31H,10-13,16-18H2,1-2H3,(H,29,34)(H,30,33). The van der Waals surface area contributed by atoms with Crippen molar-refractivity contribution >= 4 is 17.6 Å². The van der Waals surface area contributed by atoms with E-state index < -0.39 is 17.7 Å². The second-order valence-electron chi connectivity index (χ2n) is 9.64. The van der Waals surface area contributed by atoms with Crippen LogP contribution in [0.3, 0.4) is 0 Å². The van der Waals surface area contributed by atoms with Crippen molar-refractivity contribution in [1.82, 2.24) is 10.6 Å². The van der Waals surface area contributed by atoms with Gasteiger partial charge in [-0.1, -0.05) is 56.3 Å². The van der Waals surface area contributed by atoms with E-state index in [0.717, 1.165) is 36.8 Å². The predicted molar refractivity (Wildman–Crippen MR) is 132 cm³/mol. The first-order valence-corrected chi connectivity index (χ1v) is 12.3. The number of hydrogen-bond donors (Lipinski definition) is 3. The zero-order valence-electron chi connectivity index (χ0n) is 20.1. The van der Waals surface area contributed by atoms with Gasteiger partial charge >= 0.3 is 0 Å². The fourth-order valence-electron chi connectivity index (χ4n) is 4.63. The Bertz CT molecular complexity index is 948. The molecule has 6 heteroatoms. The molecular weight excluding hydrogens is 428 g/mol. The maximum Gasteiger partial charge on any atom is 0.289 e. The van der Waals surface area contributed by atoms with E-state index >= 15 is 0 Å². The summed E-state index contributed by atoms with van der Waals surface area (Å²) < 4.78 is 0. The molecular formula is C28H36N2O4. The number of amides is 2. The van der Waals surface area contributed by atoms with Crippen LogP contribution in [0.5, 0.6) is 5.75 Å². The number of rotatable bonds is 10. The highest BCUT2D eigenvalue weighted by Crippen LogP contribution is 2.33. The van der Waals surface area contributed by atoms with Gasteiger partial charge in [0.1, 0.15) is 11.8 Å². The third-order valence-electron chi connectivity index (χ3n) is 6.86. The number of carbonyl (C=O) groups is 3. The van der Waals surface area contributed by atoms with E-state index in [1.165, 1.54) is 0 Å². The minimum Gasteiger partial charge on any atom is -0.508 e. The smallest absolute Gasteiger partial charge is 0.289 e. The van der Waals surface area contributed by atoms with Crippen LogP contribution < -0.4 is 10.6 Å². The summed E-state index contributed by atoms with van der Waals surface area (Å²) >= 11 is 0. The molecule has 182 valence electrons. The molecule has 1 aliphatic carbocycles. The van der Waals surface area contributed by atoms with E-state index in [4.69, 9.17) is 0 Å². The summed E-state index contributed by atoms with van der Waals surface area (Å²) in [6, 6.07) is 15.3. The summed E-state index contributed by atoms with van der Waals surface area (Å²) in [4.78, 5) is 38.7. The number of aromatic hydroxyl groups is 1. The van der Waals surface area contributed by atoms with Gasteiger partial charge in [0, 0.05) is 18.9 Å². The fourth-order valence-corrected chi connectivity index (χ4v) is 4.63. The summed E-state index contributed by atoms with van der Waals surface area (Å²) in [5.74, 6) is -0.124. The Labute approximate surface area is 202 Å². The number of phenolic OH excluding ortho intramolecular Hbond substituents is 1. The molecule has 0 bridgehead atoms. The van der Waals surface area contributed by atoms with Gasteiger partial charge in [0.25, 0.3) is 5.91 Å². The van der Waals surface area contributed by atoms with Crippen molar-refractivity contribution < 1.29 is 19.5 Å². The molecule has 1 fully saturated rings. The first-order chi connectivity index (χ1) is 16.3. The molecule has 0 heterocycles. The summed E-state index contributed by atoms with van der Waals surface area (Å²) in [5, 5.41) is 15.0. The number of hydrogen-bond acceptors (Lipinski definition) is 4. The molecule has 0 aromatic heterocycles. The highest BCUT2D eigenvalue weighted by atomic mass is 16.3. The van der Waals surface area contributed by atoms with Crippen LogP contribution in [0.4, 0.5) is 0 Å². The van der Waals surface area contributed by atoms with E-state index in [0.29, 0.717) is 24.8 Å². The Morgan fingerprint density at radius 2 is 1.56 bits per heavy atom. The SMILES string of the molecule is CC(C)C1CCC(C(=O)NC(Cc2ccccc2)C(=O)C(=O)NCCc2ccc(O)cc2)CC1. The first kappa shape index (κ1) is 25.5. The van der Waals surface area contributed by atoms with Gasteiger partial charge in [0.15, 0.2) is 0 Å². The average molecular weight is 465 g/mol. The maximum absolute atomic E-state index is 13.0. The first-order valence-electron chi connectivity index (χ1n) is 12.3. The topological polar surface area (TPSA) is 95.5 Å². The normalized spacial score (nSPS) is 18.8. The third-order valence-corrected chi connectivity index (χ3v) is 6.86. The van der Waals surface area contributed by atoms with Crippen LogP contribution in [-0.2, 0) is 27.2 Å². The van der Waals surface area contributed by atoms with Gasteiger partial charge in [-0.05, 0) is 67.2 Å². The molecule has 1 atom stereocenters. The number of nitrogens with one attached hydrogen (secondary N) is 2. The predicted octanol–water partition coefficient (Wildman–Crippen LogP) is 3.81. The van der Waals surface area contributed by atoms with Crippen LogP contribution in [0, 0.1) is 17.8 Å². The number of carbonyl (C=O) groups excluding carboxylic acids is 3. The lowest BCUT2D eigenvalue weighted by atomic mass is 9.76. The second-order valence-corrected chi connectivity index (χ2v) is 9.64. The van der Waals surface area contributed by atoms with E-state index in [1.807, 2.05) is 30.3 Å². The van der Waals surface area contributed by atoms with Crippen molar-refractivity contribution in [3.05, 3.63) is 65.7 Å². The Kier molecular flexibility index (Phi) is 9.25. The molecule has 1 saturated carbocycles. The minimum absolute atomic E-state index is 0.112. The van der Waals surface area contributed by atoms with Crippen LogP contribution in [0.25, 0.3) is 0 Å². The van der Waals surface area contributed by atoms with E-state index in [-0.39, 0.29) is 24.0 Å². The molecule has 34 heavy (non-hydrogen) atoms. The molecule has 1 unspecified atom stereocenters. The summed E-state index contributed by atoms with van der Waals surface area (Å²) in [6.07, 6.45) is 4.49. The Morgan fingerprint density at radius 3 is 2.18 bits per heavy atom. The molecule has 1 aliphatic rings. The number of phenols is 1. The Morgan fingerprint density at radius 1 is 0.912 bits per heavy atom. The monoisotopic (exact) mass is 464 g/mol. The average Bonchev–Trinajstić information content (AvgIpc) is 2.85. The van der Waals surface area contributed by atoms with Crippen molar-refractivity contribution in [3.63, 3.8) is 0 Å². The van der Waals surface area contributed by atoms with Crippen molar-refractivity contribution in [2.45, 2.75) is 58.4 Å². The molecule has 6 nitrogen and oxygen atoms in total. The van der Waals surface area contributed by atoms with Crippen LogP contribution in [0.2, 0.25) is 0 Å². The van der Waals surface area contributed by atoms with Gasteiger partial charge in [-0.3, -0.25) is 14.4 Å². The number of Topliss-reactive ketones (excluding diaryl/α,β-unsaturated/α-hetero) is 1. The lowest BCUT2D eigenvalue weighted by Crippen LogP contribution is -2.50. The largest absolute Gasteiger partial charge is 0.508 e. The molecule has 2 aromatic carbocycles. The van der Waals surface area contributed by atoms with Gasteiger partial charge in [-0.2, -0.15) is 0 Å². The Hall–Kier alpha value is -3.15. The lowest BCUT2D eigenvalue weighted by molar-refractivity contribution is -0.140. The molecule has 3 N–H and O–H groups in total. The summed E-state index contributed by atoms with van der Waals surface area (Å²) in [7, 11) is 0. The summed E-state index contributed by atoms with van der Waals surface area (Å²) in [5.41, 5.74) is 1.83. The molecule has 0 radical (unpaired) electrons. The van der Waals surface area contributed by atoms with Gasteiger partial charge in [-0.25, -0.2) is 0 Å². The molecule has 0 spiro atoms. The van der Waals surface area contributed by atoms with E-state index in [1.54, 1.807) is 24.3 Å². The molecule has 2 aromatic rings. The highest BCUT2D eigenvalue weighted by molar-refractivity contribution is 6.38. The maximum atomic E-state index is 13.0. The van der Waals surface area contributed by atoms with Crippen molar-refractivity contribution in [1.29, 1.82) is 0 Å². The fraction of sp³-hybridized carbons (Fsp3) is 0.464. The molecule has 0 saturated heterocycles. The van der Waals surface area contributed by atoms with Crippen LogP contribution in [0.1, 0.15) is 50.7 Å². The quantitative estimate of drug-likeness (QED) is 0.466. The lowest BCUT2D eigenvalue weighted by Gasteiger charge is -2.31. The molecule has 0 aliphatic heterocycles. The van der Waals surface area contributed by atoms with Crippen molar-refractivity contribution in [2.75, 3.05) is 6.54 Å². The number of ketones is 1. The Balaban J connectivity index is 1.59. The van der Waals surface area contributed by atoms with Crippen molar-refractivity contribution in [3.8, 4) is 5.75 Å². The second kappa shape index (κ2) is 12.4.